The third kappa shape index (κ3) is 4.78. The van der Waals surface area contributed by atoms with Gasteiger partial charge in [-0.25, -0.2) is 0 Å². The van der Waals surface area contributed by atoms with Crippen LogP contribution in [0.1, 0.15) is 27.2 Å². The summed E-state index contributed by atoms with van der Waals surface area (Å²) in [6.07, 6.45) is 0.805. The Morgan fingerprint density at radius 1 is 1.40 bits per heavy atom. The van der Waals surface area contributed by atoms with Crippen molar-refractivity contribution in [2.24, 2.45) is 17.6 Å². The molecule has 0 aromatic rings. The van der Waals surface area contributed by atoms with Crippen molar-refractivity contribution in [2.75, 3.05) is 6.54 Å². The minimum absolute atomic E-state index is 0.0822. The van der Waals surface area contributed by atoms with Gasteiger partial charge in [0.25, 0.3) is 0 Å². The smallest absolute Gasteiger partial charge is 0.322 e. The van der Waals surface area contributed by atoms with E-state index < -0.39 is 17.9 Å². The molecular weight excluding hydrogens is 196 g/mol. The average molecular weight is 216 g/mol. The van der Waals surface area contributed by atoms with Crippen molar-refractivity contribution < 1.29 is 14.7 Å². The average Bonchev–Trinajstić information content (AvgIpc) is 2.14. The fourth-order valence-electron chi connectivity index (χ4n) is 1.62. The van der Waals surface area contributed by atoms with Gasteiger partial charge in [0, 0.05) is 0 Å². The van der Waals surface area contributed by atoms with Crippen LogP contribution < -0.4 is 11.1 Å². The number of carbonyl (C=O) groups is 2. The lowest BCUT2D eigenvalue weighted by Gasteiger charge is -2.24. The number of rotatable bonds is 6. The number of carboxylic acid groups (broad SMARTS) is 1. The van der Waals surface area contributed by atoms with Gasteiger partial charge in [-0.3, -0.25) is 9.59 Å². The molecule has 0 heterocycles. The molecule has 0 fully saturated rings. The summed E-state index contributed by atoms with van der Waals surface area (Å²) in [6.45, 7) is 5.59. The van der Waals surface area contributed by atoms with Crippen LogP contribution in [0.25, 0.3) is 0 Å². The second kappa shape index (κ2) is 6.40. The Labute approximate surface area is 90.0 Å². The first-order valence-corrected chi connectivity index (χ1v) is 5.15. The molecule has 15 heavy (non-hydrogen) atoms. The van der Waals surface area contributed by atoms with Crippen LogP contribution >= 0.6 is 0 Å². The number of nitrogens with two attached hydrogens (primary N) is 1. The Kier molecular flexibility index (Phi) is 5.93. The van der Waals surface area contributed by atoms with E-state index in [2.05, 4.69) is 5.32 Å². The first kappa shape index (κ1) is 13.9. The van der Waals surface area contributed by atoms with Crippen LogP contribution in [0.3, 0.4) is 0 Å². The van der Waals surface area contributed by atoms with Crippen LogP contribution in [0.15, 0.2) is 0 Å². The molecule has 0 saturated carbocycles. The van der Waals surface area contributed by atoms with E-state index in [1.165, 1.54) is 0 Å². The van der Waals surface area contributed by atoms with Crippen molar-refractivity contribution in [2.45, 2.75) is 33.2 Å². The van der Waals surface area contributed by atoms with Crippen molar-refractivity contribution in [3.05, 3.63) is 0 Å². The molecule has 0 radical (unpaired) electrons. The largest absolute Gasteiger partial charge is 0.480 e. The van der Waals surface area contributed by atoms with Crippen LogP contribution in [0.4, 0.5) is 0 Å². The minimum Gasteiger partial charge on any atom is -0.480 e. The van der Waals surface area contributed by atoms with Crippen LogP contribution in [-0.2, 0) is 9.59 Å². The molecule has 0 bridgehead atoms. The first-order valence-electron chi connectivity index (χ1n) is 5.15. The monoisotopic (exact) mass is 216 g/mol. The quantitative estimate of drug-likeness (QED) is 0.591. The Hall–Kier alpha value is -1.10. The second-order valence-corrected chi connectivity index (χ2v) is 3.95. The SMILES string of the molecule is CCC(C(C)C)[C@H](N)C(=O)NCC(=O)O. The molecular formula is C10H20N2O3. The van der Waals surface area contributed by atoms with Gasteiger partial charge < -0.3 is 16.2 Å². The zero-order chi connectivity index (χ0) is 12.0. The lowest BCUT2D eigenvalue weighted by atomic mass is 9.86. The third-order valence-corrected chi connectivity index (χ3v) is 2.51. The highest BCUT2D eigenvalue weighted by atomic mass is 16.4. The zero-order valence-electron chi connectivity index (χ0n) is 9.49. The molecule has 2 atom stereocenters. The van der Waals surface area contributed by atoms with Gasteiger partial charge in [-0.1, -0.05) is 27.2 Å². The van der Waals surface area contributed by atoms with Crippen molar-refractivity contribution in [3.63, 3.8) is 0 Å². The predicted molar refractivity (Wildman–Crippen MR) is 57.2 cm³/mol. The Balaban J connectivity index is 4.22. The summed E-state index contributed by atoms with van der Waals surface area (Å²) in [4.78, 5) is 21.7. The van der Waals surface area contributed by atoms with E-state index in [0.717, 1.165) is 6.42 Å². The number of nitrogens with one attached hydrogen (secondary N) is 1. The fraction of sp³-hybridized carbons (Fsp3) is 0.800. The lowest BCUT2D eigenvalue weighted by Crippen LogP contribution is -2.48. The summed E-state index contributed by atoms with van der Waals surface area (Å²) >= 11 is 0. The zero-order valence-corrected chi connectivity index (χ0v) is 9.49. The molecule has 0 aromatic heterocycles. The van der Waals surface area contributed by atoms with Gasteiger partial charge in [-0.2, -0.15) is 0 Å². The highest BCUT2D eigenvalue weighted by molar-refractivity contribution is 5.85. The fourth-order valence-corrected chi connectivity index (χ4v) is 1.62. The van der Waals surface area contributed by atoms with E-state index in [1.54, 1.807) is 0 Å². The van der Waals surface area contributed by atoms with E-state index in [1.807, 2.05) is 20.8 Å². The third-order valence-electron chi connectivity index (χ3n) is 2.51. The van der Waals surface area contributed by atoms with Gasteiger partial charge in [0.05, 0.1) is 6.04 Å². The topological polar surface area (TPSA) is 92.4 Å². The first-order chi connectivity index (χ1) is 6.90. The van der Waals surface area contributed by atoms with Crippen molar-refractivity contribution in [3.8, 4) is 0 Å². The van der Waals surface area contributed by atoms with Crippen LogP contribution in [-0.4, -0.2) is 29.6 Å². The van der Waals surface area contributed by atoms with E-state index >= 15 is 0 Å². The number of carbonyl (C=O) groups excluding carboxylic acids is 1. The summed E-state index contributed by atoms with van der Waals surface area (Å²) in [5.41, 5.74) is 5.75. The summed E-state index contributed by atoms with van der Waals surface area (Å²) < 4.78 is 0. The van der Waals surface area contributed by atoms with E-state index in [9.17, 15) is 9.59 Å². The molecule has 0 spiro atoms. The molecule has 0 aliphatic rings. The standard InChI is InChI=1S/C10H20N2O3/c1-4-7(6(2)3)9(11)10(15)12-5-8(13)14/h6-7,9H,4-5,11H2,1-3H3,(H,12,15)(H,13,14)/t7?,9-/m0/s1. The molecule has 1 unspecified atom stereocenters. The Bertz CT molecular complexity index is 229. The van der Waals surface area contributed by atoms with E-state index in [4.69, 9.17) is 10.8 Å². The molecule has 4 N–H and O–H groups in total. The number of carboxylic acids is 1. The van der Waals surface area contributed by atoms with Crippen molar-refractivity contribution >= 4 is 11.9 Å². The molecule has 0 aliphatic carbocycles. The van der Waals surface area contributed by atoms with Crippen LogP contribution in [0.2, 0.25) is 0 Å². The maximum absolute atomic E-state index is 11.5. The molecule has 5 heteroatoms. The van der Waals surface area contributed by atoms with Crippen LogP contribution in [0, 0.1) is 11.8 Å². The summed E-state index contributed by atoms with van der Waals surface area (Å²) in [5.74, 6) is -1.06. The molecule has 0 aliphatic heterocycles. The predicted octanol–water partition coefficient (Wildman–Crippen LogP) is 0.197. The second-order valence-electron chi connectivity index (χ2n) is 3.95. The molecule has 0 rings (SSSR count). The minimum atomic E-state index is -1.06. The van der Waals surface area contributed by atoms with Crippen molar-refractivity contribution in [1.29, 1.82) is 0 Å². The van der Waals surface area contributed by atoms with Gasteiger partial charge in [0.15, 0.2) is 0 Å². The van der Waals surface area contributed by atoms with E-state index in [-0.39, 0.29) is 12.5 Å². The van der Waals surface area contributed by atoms with Gasteiger partial charge in [0.2, 0.25) is 5.91 Å². The highest BCUT2D eigenvalue weighted by Gasteiger charge is 2.25. The van der Waals surface area contributed by atoms with Gasteiger partial charge in [-0.15, -0.1) is 0 Å². The molecule has 0 saturated heterocycles. The number of aliphatic carboxylic acids is 1. The molecule has 88 valence electrons. The van der Waals surface area contributed by atoms with Gasteiger partial charge >= 0.3 is 5.97 Å². The summed E-state index contributed by atoms with van der Waals surface area (Å²) in [7, 11) is 0. The number of amides is 1. The highest BCUT2D eigenvalue weighted by Crippen LogP contribution is 2.17. The van der Waals surface area contributed by atoms with E-state index in [0.29, 0.717) is 5.92 Å². The summed E-state index contributed by atoms with van der Waals surface area (Å²) in [5, 5.41) is 10.7. The Morgan fingerprint density at radius 2 is 1.93 bits per heavy atom. The maximum Gasteiger partial charge on any atom is 0.322 e. The lowest BCUT2D eigenvalue weighted by molar-refractivity contribution is -0.138. The maximum atomic E-state index is 11.5. The van der Waals surface area contributed by atoms with Gasteiger partial charge in [-0.05, 0) is 11.8 Å². The van der Waals surface area contributed by atoms with Gasteiger partial charge in [0.1, 0.15) is 6.54 Å². The summed E-state index contributed by atoms with van der Waals surface area (Å²) in [6, 6.07) is -0.630. The van der Waals surface area contributed by atoms with Crippen molar-refractivity contribution in [1.82, 2.24) is 5.32 Å². The normalized spacial score (nSPS) is 14.7. The number of hydrogen-bond acceptors (Lipinski definition) is 3. The Morgan fingerprint density at radius 3 is 2.27 bits per heavy atom. The number of hydrogen-bond donors (Lipinski definition) is 3. The van der Waals surface area contributed by atoms with Crippen LogP contribution in [0.5, 0.6) is 0 Å². The molecule has 0 aromatic carbocycles. The molecule has 5 nitrogen and oxygen atoms in total. The molecule has 1 amide bonds.